The maximum Gasteiger partial charge on any atom is 0.336 e. The molecule has 1 aromatic carbocycles. The van der Waals surface area contributed by atoms with Crippen molar-refractivity contribution >= 4 is 23.5 Å². The van der Waals surface area contributed by atoms with E-state index in [0.29, 0.717) is 16.3 Å². The molecule has 1 fully saturated rings. The summed E-state index contributed by atoms with van der Waals surface area (Å²) < 4.78 is 5.66. The molecule has 1 aliphatic heterocycles. The third-order valence-electron chi connectivity index (χ3n) is 4.55. The first-order chi connectivity index (χ1) is 11.1. The van der Waals surface area contributed by atoms with Crippen LogP contribution >= 0.6 is 11.6 Å². The van der Waals surface area contributed by atoms with E-state index >= 15 is 0 Å². The predicted molar refractivity (Wildman–Crippen MR) is 88.0 cm³/mol. The van der Waals surface area contributed by atoms with Crippen molar-refractivity contribution in [3.05, 3.63) is 46.1 Å². The van der Waals surface area contributed by atoms with Crippen LogP contribution in [-0.2, 0) is 14.3 Å². The fourth-order valence-corrected chi connectivity index (χ4v) is 3.68. The van der Waals surface area contributed by atoms with Gasteiger partial charge in [0, 0.05) is 23.1 Å². The van der Waals surface area contributed by atoms with Crippen molar-refractivity contribution in [1.82, 2.24) is 5.32 Å². The number of carbonyl (C=O) groups is 2. The number of amides is 1. The van der Waals surface area contributed by atoms with Crippen molar-refractivity contribution in [2.75, 3.05) is 0 Å². The highest BCUT2D eigenvalue weighted by atomic mass is 35.5. The summed E-state index contributed by atoms with van der Waals surface area (Å²) in [5.74, 6) is -0.796. The van der Waals surface area contributed by atoms with Crippen LogP contribution in [0.2, 0.25) is 5.02 Å². The minimum absolute atomic E-state index is 0.00711. The lowest BCUT2D eigenvalue weighted by molar-refractivity contribution is -0.144. The van der Waals surface area contributed by atoms with Crippen LogP contribution in [0.5, 0.6) is 0 Å². The molecule has 5 heteroatoms. The minimum atomic E-state index is -0.355. The molecular weight excluding hydrogens is 314 g/mol. The Kier molecular flexibility index (Phi) is 4.71. The first-order valence-corrected chi connectivity index (χ1v) is 8.40. The highest BCUT2D eigenvalue weighted by Gasteiger charge is 2.35. The summed E-state index contributed by atoms with van der Waals surface area (Å²) in [7, 11) is 0. The summed E-state index contributed by atoms with van der Waals surface area (Å²) in [4.78, 5) is 24.6. The van der Waals surface area contributed by atoms with Crippen molar-refractivity contribution in [1.29, 1.82) is 0 Å². The van der Waals surface area contributed by atoms with Crippen molar-refractivity contribution in [2.45, 2.75) is 51.0 Å². The van der Waals surface area contributed by atoms with Crippen molar-refractivity contribution < 1.29 is 14.3 Å². The number of carbonyl (C=O) groups excluding carboxylic acids is 2. The van der Waals surface area contributed by atoms with Crippen LogP contribution < -0.4 is 5.32 Å². The van der Waals surface area contributed by atoms with Gasteiger partial charge in [0.15, 0.2) is 0 Å². The molecular formula is C18H20ClNO3. The molecule has 3 rings (SSSR count). The molecule has 1 amide bonds. The largest absolute Gasteiger partial charge is 0.459 e. The molecule has 4 nitrogen and oxygen atoms in total. The molecule has 2 aliphatic rings. The number of hydrogen-bond donors (Lipinski definition) is 1. The van der Waals surface area contributed by atoms with Crippen LogP contribution in [0.1, 0.15) is 50.5 Å². The lowest BCUT2D eigenvalue weighted by Gasteiger charge is -2.28. The van der Waals surface area contributed by atoms with Crippen molar-refractivity contribution in [3.63, 3.8) is 0 Å². The lowest BCUT2D eigenvalue weighted by atomic mass is 9.84. The zero-order valence-electron chi connectivity index (χ0n) is 13.1. The second kappa shape index (κ2) is 6.75. The van der Waals surface area contributed by atoms with Gasteiger partial charge < -0.3 is 10.1 Å². The van der Waals surface area contributed by atoms with E-state index in [4.69, 9.17) is 16.3 Å². The Hall–Kier alpha value is -1.81. The van der Waals surface area contributed by atoms with Gasteiger partial charge in [-0.3, -0.25) is 4.79 Å². The highest BCUT2D eigenvalue weighted by Crippen LogP contribution is 2.37. The van der Waals surface area contributed by atoms with Gasteiger partial charge in [0.2, 0.25) is 5.91 Å². The maximum absolute atomic E-state index is 12.7. The Morgan fingerprint density at radius 2 is 1.96 bits per heavy atom. The third-order valence-corrected chi connectivity index (χ3v) is 4.89. The van der Waals surface area contributed by atoms with Gasteiger partial charge in [-0.2, -0.15) is 0 Å². The Morgan fingerprint density at radius 1 is 1.26 bits per heavy atom. The number of hydrogen-bond acceptors (Lipinski definition) is 3. The third kappa shape index (κ3) is 3.42. The molecule has 23 heavy (non-hydrogen) atoms. The number of ether oxygens (including phenoxy) is 1. The number of halogens is 1. The molecule has 1 N–H and O–H groups in total. The molecule has 122 valence electrons. The molecule has 0 bridgehead atoms. The quantitative estimate of drug-likeness (QED) is 0.858. The second-order valence-corrected chi connectivity index (χ2v) is 6.58. The number of esters is 1. The van der Waals surface area contributed by atoms with Crippen molar-refractivity contribution in [3.8, 4) is 0 Å². The zero-order valence-corrected chi connectivity index (χ0v) is 13.9. The Bertz CT molecular complexity index is 662. The SMILES string of the molecule is CC1=C(C(=O)OC2CCCC2)[C@@H](c2ccccc2Cl)CC(=O)N1. The summed E-state index contributed by atoms with van der Waals surface area (Å²) in [5, 5.41) is 3.31. The van der Waals surface area contributed by atoms with E-state index in [0.717, 1.165) is 31.2 Å². The molecule has 0 unspecified atom stereocenters. The molecule has 0 spiro atoms. The van der Waals surface area contributed by atoms with Gasteiger partial charge in [-0.05, 0) is 44.2 Å². The number of benzene rings is 1. The van der Waals surface area contributed by atoms with Crippen LogP contribution in [0.3, 0.4) is 0 Å². The van der Waals surface area contributed by atoms with Gasteiger partial charge in [0.1, 0.15) is 6.10 Å². The van der Waals surface area contributed by atoms with Crippen LogP contribution in [0, 0.1) is 0 Å². The summed E-state index contributed by atoms with van der Waals surface area (Å²) in [6.07, 6.45) is 4.23. The van der Waals surface area contributed by atoms with Crippen LogP contribution in [0.4, 0.5) is 0 Å². The van der Waals surface area contributed by atoms with E-state index in [2.05, 4.69) is 5.32 Å². The minimum Gasteiger partial charge on any atom is -0.459 e. The first kappa shape index (κ1) is 16.1. The summed E-state index contributed by atoms with van der Waals surface area (Å²) >= 11 is 6.29. The molecule has 1 heterocycles. The molecule has 1 aliphatic carbocycles. The zero-order chi connectivity index (χ0) is 16.4. The van der Waals surface area contributed by atoms with Gasteiger partial charge in [-0.15, -0.1) is 0 Å². The Balaban J connectivity index is 1.92. The number of rotatable bonds is 3. The van der Waals surface area contributed by atoms with Gasteiger partial charge >= 0.3 is 5.97 Å². The number of allylic oxidation sites excluding steroid dienone is 1. The fraction of sp³-hybridized carbons (Fsp3) is 0.444. The van der Waals surface area contributed by atoms with Gasteiger partial charge in [0.05, 0.1) is 5.57 Å². The molecule has 1 atom stereocenters. The topological polar surface area (TPSA) is 55.4 Å². The van der Waals surface area contributed by atoms with E-state index in [-0.39, 0.29) is 30.3 Å². The van der Waals surface area contributed by atoms with Crippen LogP contribution in [-0.4, -0.2) is 18.0 Å². The van der Waals surface area contributed by atoms with E-state index in [9.17, 15) is 9.59 Å². The molecule has 0 radical (unpaired) electrons. The second-order valence-electron chi connectivity index (χ2n) is 6.18. The predicted octanol–water partition coefficient (Wildman–Crippen LogP) is 3.70. The summed E-state index contributed by atoms with van der Waals surface area (Å²) in [6.45, 7) is 1.74. The molecule has 0 aromatic heterocycles. The lowest BCUT2D eigenvalue weighted by Crippen LogP contribution is -2.35. The smallest absolute Gasteiger partial charge is 0.336 e. The van der Waals surface area contributed by atoms with E-state index in [1.807, 2.05) is 18.2 Å². The van der Waals surface area contributed by atoms with Crippen molar-refractivity contribution in [2.24, 2.45) is 0 Å². The normalized spacial score (nSPS) is 22.2. The Morgan fingerprint density at radius 3 is 2.65 bits per heavy atom. The monoisotopic (exact) mass is 333 g/mol. The maximum atomic E-state index is 12.7. The molecule has 1 aromatic rings. The average molecular weight is 334 g/mol. The van der Waals surface area contributed by atoms with Gasteiger partial charge in [0.25, 0.3) is 0 Å². The van der Waals surface area contributed by atoms with E-state index in [1.54, 1.807) is 13.0 Å². The number of nitrogens with one attached hydrogen (secondary N) is 1. The van der Waals surface area contributed by atoms with Crippen LogP contribution in [0.15, 0.2) is 35.5 Å². The van der Waals surface area contributed by atoms with E-state index in [1.165, 1.54) is 0 Å². The standard InChI is InChI=1S/C18H20ClNO3/c1-11-17(18(22)23-12-6-2-3-7-12)14(10-16(21)20-11)13-8-4-5-9-15(13)19/h4-5,8-9,12,14H,2-3,6-7,10H2,1H3,(H,20,21)/t14-/m1/s1. The van der Waals surface area contributed by atoms with E-state index < -0.39 is 0 Å². The van der Waals surface area contributed by atoms with Gasteiger partial charge in [-0.1, -0.05) is 29.8 Å². The first-order valence-electron chi connectivity index (χ1n) is 8.02. The van der Waals surface area contributed by atoms with Gasteiger partial charge in [-0.25, -0.2) is 4.79 Å². The summed E-state index contributed by atoms with van der Waals surface area (Å²) in [6, 6.07) is 7.34. The Labute approximate surface area is 140 Å². The molecule has 0 saturated heterocycles. The average Bonchev–Trinajstić information content (AvgIpc) is 2.99. The fourth-order valence-electron chi connectivity index (χ4n) is 3.42. The van der Waals surface area contributed by atoms with Crippen LogP contribution in [0.25, 0.3) is 0 Å². The highest BCUT2D eigenvalue weighted by molar-refractivity contribution is 6.31. The molecule has 1 saturated carbocycles. The summed E-state index contributed by atoms with van der Waals surface area (Å²) in [5.41, 5.74) is 1.88.